The number of rotatable bonds is 9. The fourth-order valence-corrected chi connectivity index (χ4v) is 5.14. The van der Waals surface area contributed by atoms with Gasteiger partial charge in [-0.15, -0.1) is 0 Å². The van der Waals surface area contributed by atoms with Crippen LogP contribution in [0.15, 0.2) is 36.5 Å². The van der Waals surface area contributed by atoms with E-state index in [4.69, 9.17) is 21.1 Å². The van der Waals surface area contributed by atoms with Gasteiger partial charge in [0.2, 0.25) is 0 Å². The standard InChI is InChI=1S/C26H29ClFN3O5/c1-24(2,3)36-23(34)30-11-16-6-7-29-21(8-16)22(33)31-26-13-25(14-26,15-26)10-17(32)12-35-18-4-5-19(27)20(28)9-18/h4-9H,10-15H2,1-3H3,(H,30,34)(H,31,33). The van der Waals surface area contributed by atoms with Crippen molar-refractivity contribution in [1.82, 2.24) is 15.6 Å². The van der Waals surface area contributed by atoms with Gasteiger partial charge in [-0.1, -0.05) is 11.6 Å². The molecular formula is C26H29ClFN3O5. The first-order chi connectivity index (χ1) is 16.9. The second-order valence-corrected chi connectivity index (χ2v) is 11.2. The molecule has 0 atom stereocenters. The second-order valence-electron chi connectivity index (χ2n) is 10.7. The third-order valence-electron chi connectivity index (χ3n) is 6.27. The van der Waals surface area contributed by atoms with E-state index in [-0.39, 0.29) is 52.3 Å². The molecule has 0 spiro atoms. The van der Waals surface area contributed by atoms with E-state index < -0.39 is 17.5 Å². The first kappa shape index (κ1) is 25.9. The van der Waals surface area contributed by atoms with Gasteiger partial charge < -0.3 is 20.1 Å². The summed E-state index contributed by atoms with van der Waals surface area (Å²) < 4.78 is 24.1. The molecule has 8 nitrogen and oxygen atoms in total. The van der Waals surface area contributed by atoms with Crippen molar-refractivity contribution in [3.05, 3.63) is 58.6 Å². The molecule has 5 rings (SSSR count). The Labute approximate surface area is 213 Å². The number of carbonyl (C=O) groups excluding carboxylic acids is 3. The highest BCUT2D eigenvalue weighted by atomic mass is 35.5. The van der Waals surface area contributed by atoms with Crippen LogP contribution >= 0.6 is 11.6 Å². The molecule has 1 aromatic carbocycles. The normalized spacial score (nSPS) is 22.0. The maximum Gasteiger partial charge on any atom is 0.407 e. The number of pyridine rings is 1. The van der Waals surface area contributed by atoms with Gasteiger partial charge >= 0.3 is 6.09 Å². The number of ketones is 1. The van der Waals surface area contributed by atoms with Crippen LogP contribution in [0.2, 0.25) is 5.02 Å². The number of hydrogen-bond donors (Lipinski definition) is 2. The Balaban J connectivity index is 1.21. The summed E-state index contributed by atoms with van der Waals surface area (Å²) in [7, 11) is 0. The number of Topliss-reactive ketones (excluding diaryl/α,β-unsaturated/α-hetero) is 1. The molecular weight excluding hydrogens is 489 g/mol. The van der Waals surface area contributed by atoms with Crippen LogP contribution in [-0.2, 0) is 16.1 Å². The number of amides is 2. The molecule has 1 heterocycles. The van der Waals surface area contributed by atoms with Gasteiger partial charge in [-0.25, -0.2) is 9.18 Å². The molecule has 3 aliphatic carbocycles. The fourth-order valence-electron chi connectivity index (χ4n) is 5.02. The van der Waals surface area contributed by atoms with E-state index in [9.17, 15) is 18.8 Å². The molecule has 36 heavy (non-hydrogen) atoms. The Bertz CT molecular complexity index is 1180. The molecule has 1 aromatic heterocycles. The van der Waals surface area contributed by atoms with Crippen LogP contribution in [0.3, 0.4) is 0 Å². The van der Waals surface area contributed by atoms with Crippen molar-refractivity contribution in [3.8, 4) is 5.75 Å². The summed E-state index contributed by atoms with van der Waals surface area (Å²) in [5.74, 6) is -0.709. The lowest BCUT2D eigenvalue weighted by molar-refractivity contribution is -0.162. The van der Waals surface area contributed by atoms with Crippen molar-refractivity contribution in [2.45, 2.75) is 64.1 Å². The van der Waals surface area contributed by atoms with Gasteiger partial charge in [-0.2, -0.15) is 0 Å². The number of nitrogens with one attached hydrogen (secondary N) is 2. The minimum atomic E-state index is -0.599. The molecule has 10 heteroatoms. The number of carbonyl (C=O) groups is 3. The zero-order valence-corrected chi connectivity index (χ0v) is 21.2. The fraction of sp³-hybridized carbons (Fsp3) is 0.462. The van der Waals surface area contributed by atoms with Crippen molar-refractivity contribution in [2.75, 3.05) is 6.61 Å². The maximum absolute atomic E-state index is 13.5. The van der Waals surface area contributed by atoms with E-state index in [0.717, 1.165) is 11.6 Å². The van der Waals surface area contributed by atoms with Crippen LogP contribution in [0.1, 0.15) is 62.5 Å². The van der Waals surface area contributed by atoms with Gasteiger partial charge in [0, 0.05) is 30.8 Å². The summed E-state index contributed by atoms with van der Waals surface area (Å²) in [4.78, 5) is 41.2. The van der Waals surface area contributed by atoms with E-state index >= 15 is 0 Å². The molecule has 2 N–H and O–H groups in total. The van der Waals surface area contributed by atoms with Crippen LogP contribution in [0, 0.1) is 11.2 Å². The number of benzene rings is 1. The highest BCUT2D eigenvalue weighted by molar-refractivity contribution is 6.30. The second kappa shape index (κ2) is 9.69. The van der Waals surface area contributed by atoms with E-state index in [1.807, 2.05) is 0 Å². The predicted molar refractivity (Wildman–Crippen MR) is 130 cm³/mol. The largest absolute Gasteiger partial charge is 0.486 e. The molecule has 0 radical (unpaired) electrons. The molecule has 0 aliphatic heterocycles. The zero-order valence-electron chi connectivity index (χ0n) is 20.5. The smallest absolute Gasteiger partial charge is 0.407 e. The van der Waals surface area contributed by atoms with Crippen molar-refractivity contribution < 1.29 is 28.2 Å². The monoisotopic (exact) mass is 517 g/mol. The van der Waals surface area contributed by atoms with Gasteiger partial charge in [0.25, 0.3) is 5.91 Å². The third-order valence-corrected chi connectivity index (χ3v) is 6.58. The molecule has 3 fully saturated rings. The molecule has 3 aliphatic rings. The van der Waals surface area contributed by atoms with E-state index in [0.29, 0.717) is 25.7 Å². The average Bonchev–Trinajstić information content (AvgIpc) is 2.75. The minimum absolute atomic E-state index is 0.00529. The summed E-state index contributed by atoms with van der Waals surface area (Å²) in [5.41, 5.74) is -0.0466. The Morgan fingerprint density at radius 2 is 1.86 bits per heavy atom. The van der Waals surface area contributed by atoms with Crippen molar-refractivity contribution in [2.24, 2.45) is 5.41 Å². The quantitative estimate of drug-likeness (QED) is 0.504. The van der Waals surface area contributed by atoms with Crippen molar-refractivity contribution in [1.29, 1.82) is 0 Å². The van der Waals surface area contributed by atoms with Crippen LogP contribution in [0.25, 0.3) is 0 Å². The Kier molecular flexibility index (Phi) is 6.96. The molecule has 2 amide bonds. The first-order valence-corrected chi connectivity index (χ1v) is 12.1. The number of aromatic nitrogens is 1. The minimum Gasteiger partial charge on any atom is -0.486 e. The molecule has 192 valence electrons. The van der Waals surface area contributed by atoms with Gasteiger partial charge in [-0.05, 0) is 75.3 Å². The number of ether oxygens (including phenoxy) is 2. The number of alkyl carbamates (subject to hydrolysis) is 1. The summed E-state index contributed by atoms with van der Waals surface area (Å²) in [6.45, 7) is 5.41. The van der Waals surface area contributed by atoms with Gasteiger partial charge in [0.15, 0.2) is 5.78 Å². The highest BCUT2D eigenvalue weighted by Gasteiger charge is 2.68. The lowest BCUT2D eigenvalue weighted by atomic mass is 9.38. The Morgan fingerprint density at radius 3 is 2.53 bits per heavy atom. The van der Waals surface area contributed by atoms with Crippen LogP contribution in [0.5, 0.6) is 5.75 Å². The van der Waals surface area contributed by atoms with Gasteiger partial charge in [-0.3, -0.25) is 14.6 Å². The lowest BCUT2D eigenvalue weighted by Crippen LogP contribution is -2.75. The summed E-state index contributed by atoms with van der Waals surface area (Å²) in [6, 6.07) is 7.40. The molecule has 0 unspecified atom stereocenters. The van der Waals surface area contributed by atoms with Gasteiger partial charge in [0.05, 0.1) is 5.02 Å². The number of hydrogen-bond acceptors (Lipinski definition) is 6. The summed E-state index contributed by atoms with van der Waals surface area (Å²) >= 11 is 5.65. The van der Waals surface area contributed by atoms with E-state index in [1.54, 1.807) is 32.9 Å². The van der Waals surface area contributed by atoms with E-state index in [1.165, 1.54) is 18.3 Å². The van der Waals surface area contributed by atoms with Crippen LogP contribution < -0.4 is 15.4 Å². The maximum atomic E-state index is 13.5. The van der Waals surface area contributed by atoms with Crippen LogP contribution in [-0.4, -0.2) is 40.5 Å². The summed E-state index contributed by atoms with van der Waals surface area (Å²) in [5, 5.41) is 5.71. The van der Waals surface area contributed by atoms with E-state index in [2.05, 4.69) is 15.6 Å². The summed E-state index contributed by atoms with van der Waals surface area (Å²) in [6.07, 6.45) is 3.48. The predicted octanol–water partition coefficient (Wildman–Crippen LogP) is 4.59. The van der Waals surface area contributed by atoms with Gasteiger partial charge in [0.1, 0.15) is 29.5 Å². The number of halogens is 2. The molecule has 2 bridgehead atoms. The highest BCUT2D eigenvalue weighted by Crippen LogP contribution is 2.69. The average molecular weight is 518 g/mol. The zero-order chi connectivity index (χ0) is 26.1. The third kappa shape index (κ3) is 6.13. The molecule has 3 saturated carbocycles. The Morgan fingerprint density at radius 1 is 1.14 bits per heavy atom. The van der Waals surface area contributed by atoms with Crippen molar-refractivity contribution in [3.63, 3.8) is 0 Å². The van der Waals surface area contributed by atoms with Crippen molar-refractivity contribution >= 4 is 29.4 Å². The lowest BCUT2D eigenvalue weighted by Gasteiger charge is -2.70. The Hall–Kier alpha value is -3.20. The van der Waals surface area contributed by atoms with Crippen LogP contribution in [0.4, 0.5) is 9.18 Å². The topological polar surface area (TPSA) is 107 Å². The number of nitrogens with zero attached hydrogens (tertiary/aromatic N) is 1. The SMILES string of the molecule is CC(C)(C)OC(=O)NCc1ccnc(C(=O)NC23CC(CC(=O)COc4ccc(Cl)c(F)c4)(C2)C3)c1. The molecule has 2 aromatic rings. The first-order valence-electron chi connectivity index (χ1n) is 11.7. The molecule has 0 saturated heterocycles.